The van der Waals surface area contributed by atoms with E-state index in [2.05, 4.69) is 4.74 Å². The Morgan fingerprint density at radius 1 is 1.50 bits per heavy atom. The minimum Gasteiger partial charge on any atom is -0.456 e. The quantitative estimate of drug-likeness (QED) is 0.451. The summed E-state index contributed by atoms with van der Waals surface area (Å²) in [5.74, 6) is -1.01. The van der Waals surface area contributed by atoms with Gasteiger partial charge in [-0.3, -0.25) is 10.1 Å². The van der Waals surface area contributed by atoms with Crippen LogP contribution in [0.3, 0.4) is 0 Å². The fraction of sp³-hybridized carbons (Fsp3) is 0.222. The van der Waals surface area contributed by atoms with Crippen molar-refractivity contribution in [2.75, 3.05) is 6.61 Å². The topological polar surface area (TPSA) is 69.4 Å². The summed E-state index contributed by atoms with van der Waals surface area (Å²) in [5.41, 5.74) is -0.429. The Morgan fingerprint density at radius 3 is 2.75 bits per heavy atom. The minimum absolute atomic E-state index is 0.130. The summed E-state index contributed by atoms with van der Waals surface area (Å²) in [5, 5.41) is 10.4. The molecule has 0 heterocycles. The van der Waals surface area contributed by atoms with Crippen molar-refractivity contribution in [1.82, 2.24) is 0 Å². The Bertz CT molecular complexity index is 408. The average molecular weight is 231 g/mol. The normalized spacial score (nSPS) is 10.2. The molecule has 0 radical (unpaired) electrons. The molecule has 5 nitrogen and oxygen atoms in total. The molecule has 0 saturated carbocycles. The first kappa shape index (κ1) is 12.0. The molecule has 0 unspecified atom stereocenters. The Hall–Kier alpha value is -2.05. The monoisotopic (exact) mass is 231 g/mol. The highest BCUT2D eigenvalue weighted by molar-refractivity contribution is 5.90. The molecule has 0 bridgehead atoms. The summed E-state index contributed by atoms with van der Waals surface area (Å²) < 4.78 is 27.7. The van der Waals surface area contributed by atoms with Crippen LogP contribution in [-0.2, 0) is 4.74 Å². The van der Waals surface area contributed by atoms with Crippen LogP contribution in [0, 0.1) is 10.1 Å². The first-order valence-corrected chi connectivity index (χ1v) is 4.20. The highest BCUT2D eigenvalue weighted by atomic mass is 19.3. The van der Waals surface area contributed by atoms with Crippen molar-refractivity contribution in [3.8, 4) is 0 Å². The molecule has 0 aliphatic heterocycles. The second-order valence-electron chi connectivity index (χ2n) is 2.80. The number of ether oxygens (including phenoxy) is 1. The highest BCUT2D eigenvalue weighted by Crippen LogP contribution is 2.14. The van der Waals surface area contributed by atoms with E-state index in [1.54, 1.807) is 0 Å². The molecule has 0 N–H and O–H groups in total. The second kappa shape index (κ2) is 5.15. The van der Waals surface area contributed by atoms with E-state index in [9.17, 15) is 23.7 Å². The van der Waals surface area contributed by atoms with Crippen molar-refractivity contribution in [2.24, 2.45) is 0 Å². The van der Waals surface area contributed by atoms with Crippen molar-refractivity contribution in [3.63, 3.8) is 0 Å². The van der Waals surface area contributed by atoms with Crippen molar-refractivity contribution < 1.29 is 23.2 Å². The smallest absolute Gasteiger partial charge is 0.338 e. The molecule has 16 heavy (non-hydrogen) atoms. The Morgan fingerprint density at radius 2 is 2.19 bits per heavy atom. The van der Waals surface area contributed by atoms with Gasteiger partial charge in [0.1, 0.15) is 0 Å². The van der Waals surface area contributed by atoms with E-state index in [1.807, 2.05) is 0 Å². The second-order valence-corrected chi connectivity index (χ2v) is 2.80. The first-order chi connectivity index (χ1) is 7.50. The maximum absolute atomic E-state index is 11.7. The van der Waals surface area contributed by atoms with Gasteiger partial charge in [0.15, 0.2) is 6.61 Å². The van der Waals surface area contributed by atoms with Crippen LogP contribution in [0.15, 0.2) is 24.3 Å². The minimum atomic E-state index is -2.76. The van der Waals surface area contributed by atoms with Gasteiger partial charge in [0.2, 0.25) is 0 Å². The zero-order valence-corrected chi connectivity index (χ0v) is 7.93. The van der Waals surface area contributed by atoms with Crippen LogP contribution in [0.2, 0.25) is 0 Å². The molecule has 0 fully saturated rings. The third kappa shape index (κ3) is 3.26. The number of hydrogen-bond donors (Lipinski definition) is 0. The largest absolute Gasteiger partial charge is 0.456 e. The molecule has 0 aliphatic carbocycles. The third-order valence-corrected chi connectivity index (χ3v) is 1.63. The molecule has 0 spiro atoms. The average Bonchev–Trinajstić information content (AvgIpc) is 2.26. The van der Waals surface area contributed by atoms with Crippen LogP contribution < -0.4 is 0 Å². The number of halogens is 2. The van der Waals surface area contributed by atoms with Gasteiger partial charge < -0.3 is 4.74 Å². The van der Waals surface area contributed by atoms with Gasteiger partial charge >= 0.3 is 5.97 Å². The van der Waals surface area contributed by atoms with E-state index in [4.69, 9.17) is 0 Å². The van der Waals surface area contributed by atoms with Gasteiger partial charge in [-0.15, -0.1) is 0 Å². The lowest BCUT2D eigenvalue weighted by Crippen LogP contribution is -2.11. The Kier molecular flexibility index (Phi) is 3.87. The van der Waals surface area contributed by atoms with E-state index in [1.165, 1.54) is 18.2 Å². The number of nitro benzene ring substituents is 1. The van der Waals surface area contributed by atoms with Crippen molar-refractivity contribution in [2.45, 2.75) is 6.43 Å². The molecule has 1 rings (SSSR count). The molecular formula is C9H7F2NO4. The van der Waals surface area contributed by atoms with E-state index < -0.39 is 23.9 Å². The number of nitro groups is 1. The molecule has 1 aromatic rings. The van der Waals surface area contributed by atoms with Crippen molar-refractivity contribution >= 4 is 11.7 Å². The summed E-state index contributed by atoms with van der Waals surface area (Å²) in [7, 11) is 0. The number of carbonyl (C=O) groups is 1. The number of carbonyl (C=O) groups excluding carboxylic acids is 1. The van der Waals surface area contributed by atoms with Gasteiger partial charge in [0, 0.05) is 12.1 Å². The molecule has 0 aromatic heterocycles. The van der Waals surface area contributed by atoms with E-state index in [0.29, 0.717) is 0 Å². The lowest BCUT2D eigenvalue weighted by atomic mass is 10.2. The Labute approximate surface area is 88.8 Å². The van der Waals surface area contributed by atoms with Gasteiger partial charge in [0.25, 0.3) is 12.1 Å². The van der Waals surface area contributed by atoms with Crippen LogP contribution >= 0.6 is 0 Å². The van der Waals surface area contributed by atoms with E-state index in [0.717, 1.165) is 6.07 Å². The van der Waals surface area contributed by atoms with Gasteiger partial charge in [-0.05, 0) is 6.07 Å². The number of non-ortho nitro benzene ring substituents is 1. The standard InChI is InChI=1S/C9H7F2NO4/c10-8(11)5-16-9(13)6-2-1-3-7(4-6)12(14)15/h1-4,8H,5H2. The fourth-order valence-electron chi connectivity index (χ4n) is 0.968. The van der Waals surface area contributed by atoms with Crippen LogP contribution in [0.4, 0.5) is 14.5 Å². The lowest BCUT2D eigenvalue weighted by molar-refractivity contribution is -0.384. The van der Waals surface area contributed by atoms with Gasteiger partial charge in [0.05, 0.1) is 10.5 Å². The summed E-state index contributed by atoms with van der Waals surface area (Å²) >= 11 is 0. The third-order valence-electron chi connectivity index (χ3n) is 1.63. The summed E-state index contributed by atoms with van der Waals surface area (Å²) in [6.45, 7) is -1.03. The van der Waals surface area contributed by atoms with Gasteiger partial charge in [-0.1, -0.05) is 6.07 Å². The Balaban J connectivity index is 2.76. The number of esters is 1. The predicted octanol–water partition coefficient (Wildman–Crippen LogP) is 2.02. The fourth-order valence-corrected chi connectivity index (χ4v) is 0.968. The molecular weight excluding hydrogens is 224 g/mol. The SMILES string of the molecule is O=C(OCC(F)F)c1cccc([N+](=O)[O-])c1. The number of benzene rings is 1. The molecule has 1 aromatic carbocycles. The number of nitrogens with zero attached hydrogens (tertiary/aromatic N) is 1. The number of alkyl halides is 2. The summed E-state index contributed by atoms with van der Waals surface area (Å²) in [6, 6.07) is 4.68. The molecule has 86 valence electrons. The summed E-state index contributed by atoms with van der Waals surface area (Å²) in [6.07, 6.45) is -2.76. The number of rotatable bonds is 4. The maximum atomic E-state index is 11.7. The van der Waals surface area contributed by atoms with Gasteiger partial charge in [-0.2, -0.15) is 0 Å². The molecule has 0 atom stereocenters. The highest BCUT2D eigenvalue weighted by Gasteiger charge is 2.14. The zero-order valence-electron chi connectivity index (χ0n) is 7.93. The van der Waals surface area contributed by atoms with Crippen LogP contribution in [-0.4, -0.2) is 23.9 Å². The van der Waals surface area contributed by atoms with Crippen LogP contribution in [0.25, 0.3) is 0 Å². The molecule has 0 aliphatic rings. The van der Waals surface area contributed by atoms with E-state index >= 15 is 0 Å². The zero-order chi connectivity index (χ0) is 12.1. The van der Waals surface area contributed by atoms with Crippen molar-refractivity contribution in [3.05, 3.63) is 39.9 Å². The first-order valence-electron chi connectivity index (χ1n) is 4.20. The van der Waals surface area contributed by atoms with Crippen LogP contribution in [0.5, 0.6) is 0 Å². The molecule has 0 amide bonds. The lowest BCUT2D eigenvalue weighted by Gasteiger charge is -2.03. The maximum Gasteiger partial charge on any atom is 0.338 e. The molecule has 0 saturated heterocycles. The molecule has 7 heteroatoms. The van der Waals surface area contributed by atoms with Crippen molar-refractivity contribution in [1.29, 1.82) is 0 Å². The summed E-state index contributed by atoms with van der Waals surface area (Å²) in [4.78, 5) is 20.8. The van der Waals surface area contributed by atoms with E-state index in [-0.39, 0.29) is 11.3 Å². The predicted molar refractivity (Wildman–Crippen MR) is 49.4 cm³/mol. The number of hydrogen-bond acceptors (Lipinski definition) is 4. The van der Waals surface area contributed by atoms with Gasteiger partial charge in [-0.25, -0.2) is 13.6 Å². The van der Waals surface area contributed by atoms with Crippen LogP contribution in [0.1, 0.15) is 10.4 Å².